The van der Waals surface area contributed by atoms with Crippen LogP contribution >= 0.6 is 0 Å². The van der Waals surface area contributed by atoms with Gasteiger partial charge in [0.25, 0.3) is 23.6 Å². The van der Waals surface area contributed by atoms with Gasteiger partial charge in [-0.25, -0.2) is 9.80 Å². The lowest BCUT2D eigenvalue weighted by molar-refractivity contribution is -0.121. The van der Waals surface area contributed by atoms with Crippen LogP contribution in [0.2, 0.25) is 0 Å². The molecule has 266 valence electrons. The molecule has 0 radical (unpaired) electrons. The number of nitrogens with zero attached hydrogens (tertiary/aromatic N) is 2. The Bertz CT molecular complexity index is 1820. The Morgan fingerprint density at radius 3 is 0.942 bits per heavy atom. The summed E-state index contributed by atoms with van der Waals surface area (Å²) in [6.07, 6.45) is 12.3. The molecule has 0 aliphatic carbocycles. The molecular formula is C44H44N2O6. The van der Waals surface area contributed by atoms with Crippen molar-refractivity contribution in [1.82, 2.24) is 0 Å². The molecule has 8 nitrogen and oxygen atoms in total. The van der Waals surface area contributed by atoms with E-state index in [1.54, 1.807) is 48.5 Å². The molecule has 4 aromatic carbocycles. The maximum absolute atomic E-state index is 12.2. The van der Waals surface area contributed by atoms with E-state index in [2.05, 4.69) is 52.0 Å². The minimum Gasteiger partial charge on any atom is -0.457 e. The van der Waals surface area contributed by atoms with Gasteiger partial charge in [-0.05, 0) is 132 Å². The fourth-order valence-electron chi connectivity index (χ4n) is 6.80. The molecule has 0 unspecified atom stereocenters. The van der Waals surface area contributed by atoms with Crippen LogP contribution in [0.1, 0.15) is 75.6 Å². The van der Waals surface area contributed by atoms with E-state index < -0.39 is 0 Å². The number of benzene rings is 4. The summed E-state index contributed by atoms with van der Waals surface area (Å²) in [5.41, 5.74) is 7.78. The Kier molecular flexibility index (Phi) is 11.1. The molecule has 8 heteroatoms. The topological polar surface area (TPSA) is 93.2 Å². The molecule has 4 aromatic rings. The van der Waals surface area contributed by atoms with Crippen LogP contribution in [-0.4, -0.2) is 23.6 Å². The SMILES string of the molecule is CCCc1cc(-c2cc(CCC)c(Oc3ccc(N4C(=O)C=CC4=O)cc3)c(CCC)c2)cc(CCC)c1Oc1ccc(N2C(=O)C=CC2=O)cc1. The summed E-state index contributed by atoms with van der Waals surface area (Å²) in [6.45, 7) is 8.66. The predicted octanol–water partition coefficient (Wildman–Crippen LogP) is 9.61. The van der Waals surface area contributed by atoms with Crippen molar-refractivity contribution in [2.24, 2.45) is 0 Å². The second-order valence-electron chi connectivity index (χ2n) is 13.1. The number of ether oxygens (including phenoxy) is 2. The summed E-state index contributed by atoms with van der Waals surface area (Å²) in [5, 5.41) is 0. The fraction of sp³-hybridized carbons (Fsp3) is 0.273. The summed E-state index contributed by atoms with van der Waals surface area (Å²) in [6, 6.07) is 23.1. The first-order valence-corrected chi connectivity index (χ1v) is 18.2. The van der Waals surface area contributed by atoms with Crippen LogP contribution in [0, 0.1) is 0 Å². The molecule has 0 spiro atoms. The first kappa shape index (κ1) is 36.0. The number of hydrogen-bond donors (Lipinski definition) is 0. The zero-order valence-corrected chi connectivity index (χ0v) is 30.2. The predicted molar refractivity (Wildman–Crippen MR) is 204 cm³/mol. The minimum atomic E-state index is -0.351. The summed E-state index contributed by atoms with van der Waals surface area (Å²) in [5.74, 6) is 1.58. The number of rotatable bonds is 15. The second kappa shape index (κ2) is 16.1. The molecule has 2 aliphatic heterocycles. The number of carbonyl (C=O) groups excluding carboxylic acids is 4. The van der Waals surface area contributed by atoms with Crippen molar-refractivity contribution in [3.63, 3.8) is 0 Å². The lowest BCUT2D eigenvalue weighted by Gasteiger charge is -2.21. The zero-order chi connectivity index (χ0) is 36.8. The summed E-state index contributed by atoms with van der Waals surface area (Å²) in [7, 11) is 0. The third-order valence-electron chi connectivity index (χ3n) is 9.14. The lowest BCUT2D eigenvalue weighted by atomic mass is 9.91. The molecule has 4 amide bonds. The summed E-state index contributed by atoms with van der Waals surface area (Å²) >= 11 is 0. The first-order chi connectivity index (χ1) is 25.2. The van der Waals surface area contributed by atoms with E-state index >= 15 is 0 Å². The summed E-state index contributed by atoms with van der Waals surface area (Å²) < 4.78 is 13.2. The monoisotopic (exact) mass is 696 g/mol. The molecule has 52 heavy (non-hydrogen) atoms. The maximum atomic E-state index is 12.2. The molecule has 0 atom stereocenters. The van der Waals surface area contributed by atoms with E-state index in [1.807, 2.05) is 0 Å². The van der Waals surface area contributed by atoms with Gasteiger partial charge in [0.1, 0.15) is 23.0 Å². The van der Waals surface area contributed by atoms with E-state index in [1.165, 1.54) is 24.3 Å². The fourth-order valence-corrected chi connectivity index (χ4v) is 6.80. The molecule has 0 fully saturated rings. The Hall–Kier alpha value is -5.76. The first-order valence-electron chi connectivity index (χ1n) is 18.2. The lowest BCUT2D eigenvalue weighted by Crippen LogP contribution is -2.29. The van der Waals surface area contributed by atoms with Crippen molar-refractivity contribution < 1.29 is 28.7 Å². The van der Waals surface area contributed by atoms with Crippen LogP contribution in [0.3, 0.4) is 0 Å². The highest BCUT2D eigenvalue weighted by Crippen LogP contribution is 2.40. The van der Waals surface area contributed by atoms with Gasteiger partial charge in [-0.3, -0.25) is 19.2 Å². The second-order valence-corrected chi connectivity index (χ2v) is 13.1. The Morgan fingerprint density at radius 2 is 0.692 bits per heavy atom. The van der Waals surface area contributed by atoms with Crippen molar-refractivity contribution in [3.05, 3.63) is 119 Å². The van der Waals surface area contributed by atoms with Crippen LogP contribution in [0.5, 0.6) is 23.0 Å². The van der Waals surface area contributed by atoms with Gasteiger partial charge in [0.05, 0.1) is 11.4 Å². The van der Waals surface area contributed by atoms with E-state index in [0.717, 1.165) is 106 Å². The molecule has 0 aromatic heterocycles. The van der Waals surface area contributed by atoms with E-state index in [9.17, 15) is 19.2 Å². The maximum Gasteiger partial charge on any atom is 0.258 e. The number of hydrogen-bond acceptors (Lipinski definition) is 6. The average Bonchev–Trinajstić information content (AvgIpc) is 3.66. The van der Waals surface area contributed by atoms with Gasteiger partial charge >= 0.3 is 0 Å². The Balaban J connectivity index is 1.34. The molecule has 2 heterocycles. The normalized spacial score (nSPS) is 13.9. The highest BCUT2D eigenvalue weighted by Gasteiger charge is 2.26. The molecule has 0 saturated heterocycles. The minimum absolute atomic E-state index is 0.351. The van der Waals surface area contributed by atoms with Crippen molar-refractivity contribution in [3.8, 4) is 34.1 Å². The highest BCUT2D eigenvalue weighted by molar-refractivity contribution is 6.28. The van der Waals surface area contributed by atoms with E-state index in [0.29, 0.717) is 22.9 Å². The number of amides is 4. The van der Waals surface area contributed by atoms with Gasteiger partial charge in [-0.2, -0.15) is 0 Å². The van der Waals surface area contributed by atoms with Gasteiger partial charge in [0.15, 0.2) is 0 Å². The van der Waals surface area contributed by atoms with Crippen molar-refractivity contribution in [2.75, 3.05) is 9.80 Å². The Labute approximate surface area is 305 Å². The van der Waals surface area contributed by atoms with Crippen LogP contribution in [0.25, 0.3) is 11.1 Å². The van der Waals surface area contributed by atoms with Crippen LogP contribution in [0.4, 0.5) is 11.4 Å². The third-order valence-corrected chi connectivity index (χ3v) is 9.14. The van der Waals surface area contributed by atoms with Crippen molar-refractivity contribution in [1.29, 1.82) is 0 Å². The van der Waals surface area contributed by atoms with Gasteiger partial charge in [0, 0.05) is 24.3 Å². The van der Waals surface area contributed by atoms with E-state index in [4.69, 9.17) is 9.47 Å². The van der Waals surface area contributed by atoms with Gasteiger partial charge in [0.2, 0.25) is 0 Å². The van der Waals surface area contributed by atoms with Gasteiger partial charge in [-0.1, -0.05) is 53.4 Å². The molecule has 6 rings (SSSR count). The summed E-state index contributed by atoms with van der Waals surface area (Å²) in [4.78, 5) is 51.0. The molecular weight excluding hydrogens is 652 g/mol. The number of anilines is 2. The van der Waals surface area contributed by atoms with Crippen molar-refractivity contribution >= 4 is 35.0 Å². The number of imide groups is 2. The molecule has 0 N–H and O–H groups in total. The van der Waals surface area contributed by atoms with Crippen LogP contribution < -0.4 is 19.3 Å². The standard InChI is InChI=1S/C44H44N2O6/c1-5-9-29-25-33(26-30(10-6-2)43(29)51-37-17-13-35(14-18-37)45-39(47)21-22-40(45)48)34-27-31(11-7-3)44(32(28-34)12-8-4)52-38-19-15-36(16-20-38)46-41(49)23-24-42(46)50/h13-28H,5-12H2,1-4H3. The Morgan fingerprint density at radius 1 is 0.423 bits per heavy atom. The average molecular weight is 697 g/mol. The van der Waals surface area contributed by atoms with Gasteiger partial charge in [-0.15, -0.1) is 0 Å². The molecule has 0 bridgehead atoms. The van der Waals surface area contributed by atoms with Gasteiger partial charge < -0.3 is 9.47 Å². The quantitative estimate of drug-likeness (QED) is 0.115. The highest BCUT2D eigenvalue weighted by atomic mass is 16.5. The largest absolute Gasteiger partial charge is 0.457 e. The molecule has 0 saturated carbocycles. The third kappa shape index (κ3) is 7.61. The smallest absolute Gasteiger partial charge is 0.258 e. The number of carbonyl (C=O) groups is 4. The van der Waals surface area contributed by atoms with Crippen LogP contribution in [0.15, 0.2) is 97.1 Å². The molecule has 2 aliphatic rings. The van der Waals surface area contributed by atoms with Crippen molar-refractivity contribution in [2.45, 2.75) is 79.1 Å². The number of aryl methyl sites for hydroxylation is 4. The van der Waals surface area contributed by atoms with E-state index in [-0.39, 0.29) is 23.6 Å². The van der Waals surface area contributed by atoms with Crippen LogP contribution in [-0.2, 0) is 44.9 Å². The zero-order valence-electron chi connectivity index (χ0n) is 30.2.